The van der Waals surface area contributed by atoms with Crippen molar-refractivity contribution in [2.75, 3.05) is 16.8 Å². The van der Waals surface area contributed by atoms with E-state index in [1.807, 2.05) is 58.0 Å². The Bertz CT molecular complexity index is 1200. The summed E-state index contributed by atoms with van der Waals surface area (Å²) in [7, 11) is 0. The number of nitrogens with zero attached hydrogens (tertiary/aromatic N) is 2. The highest BCUT2D eigenvalue weighted by Crippen LogP contribution is 2.44. The summed E-state index contributed by atoms with van der Waals surface area (Å²) >= 11 is 6.52. The molecule has 0 bridgehead atoms. The second-order valence-corrected chi connectivity index (χ2v) is 9.76. The number of thioether (sulfide) groups is 1. The molecule has 1 fully saturated rings. The van der Waals surface area contributed by atoms with Crippen LogP contribution in [0.1, 0.15) is 30.5 Å². The first kappa shape index (κ1) is 22.2. The lowest BCUT2D eigenvalue weighted by Gasteiger charge is -2.18. The zero-order valence-electron chi connectivity index (χ0n) is 18.3. The highest BCUT2D eigenvalue weighted by Gasteiger charge is 2.43. The molecule has 8 heteroatoms. The summed E-state index contributed by atoms with van der Waals surface area (Å²) in [6.07, 6.45) is 0. The maximum atomic E-state index is 13.4. The number of carbonyl (C=O) groups excluding carboxylic acids is 3. The van der Waals surface area contributed by atoms with Gasteiger partial charge < -0.3 is 5.32 Å². The second kappa shape index (κ2) is 8.52. The van der Waals surface area contributed by atoms with Gasteiger partial charge in [0.05, 0.1) is 16.2 Å². The first-order valence-electron chi connectivity index (χ1n) is 10.3. The van der Waals surface area contributed by atoms with Crippen LogP contribution in [0.5, 0.6) is 0 Å². The van der Waals surface area contributed by atoms with E-state index >= 15 is 0 Å². The number of hydrogen-bond acceptors (Lipinski definition) is 5. The van der Waals surface area contributed by atoms with Crippen molar-refractivity contribution in [3.8, 4) is 0 Å². The molecule has 1 saturated heterocycles. The van der Waals surface area contributed by atoms with Crippen LogP contribution in [0.15, 0.2) is 47.4 Å². The summed E-state index contributed by atoms with van der Waals surface area (Å²) in [5.74, 6) is -0.947. The van der Waals surface area contributed by atoms with Crippen LogP contribution in [0.3, 0.4) is 0 Å². The molecular formula is C24H23N3O3S2. The standard InChI is InChI=1S/C24H23N3O3S2/c1-13(2)27-23(30)21(32-24(27)31)20-16-7-5-6-8-18(16)26(22(20)29)12-19(28)25-17-10-9-14(3)11-15(17)4/h5-11,13H,12H2,1-4H3,(H,25,28)/b21-20-. The summed E-state index contributed by atoms with van der Waals surface area (Å²) in [5, 5.41) is 2.89. The quantitative estimate of drug-likeness (QED) is 0.540. The number of fused-ring (bicyclic) bond motifs is 1. The molecule has 0 radical (unpaired) electrons. The van der Waals surface area contributed by atoms with Crippen LogP contribution in [0, 0.1) is 13.8 Å². The molecule has 0 aromatic heterocycles. The molecule has 4 rings (SSSR count). The Balaban J connectivity index is 1.66. The highest BCUT2D eigenvalue weighted by molar-refractivity contribution is 8.26. The summed E-state index contributed by atoms with van der Waals surface area (Å²) in [6, 6.07) is 12.9. The topological polar surface area (TPSA) is 69.7 Å². The average Bonchev–Trinajstić information content (AvgIpc) is 3.17. The van der Waals surface area contributed by atoms with E-state index in [2.05, 4.69) is 5.32 Å². The fourth-order valence-electron chi connectivity index (χ4n) is 3.92. The number of aryl methyl sites for hydroxylation is 2. The molecule has 0 spiro atoms. The Hall–Kier alpha value is -2.97. The first-order valence-corrected chi connectivity index (χ1v) is 11.5. The van der Waals surface area contributed by atoms with E-state index < -0.39 is 0 Å². The minimum absolute atomic E-state index is 0.105. The molecule has 0 saturated carbocycles. The molecule has 0 unspecified atom stereocenters. The van der Waals surface area contributed by atoms with Crippen molar-refractivity contribution >= 4 is 63.0 Å². The SMILES string of the molecule is Cc1ccc(NC(=O)CN2C(=O)/C(=C3\SC(=S)N(C(C)C)C3=O)c3ccccc32)c(C)c1. The minimum atomic E-state index is -0.369. The van der Waals surface area contributed by atoms with E-state index in [0.717, 1.165) is 22.9 Å². The number of benzene rings is 2. The third-order valence-electron chi connectivity index (χ3n) is 5.42. The van der Waals surface area contributed by atoms with E-state index in [4.69, 9.17) is 12.2 Å². The minimum Gasteiger partial charge on any atom is -0.324 e. The number of hydrogen-bond donors (Lipinski definition) is 1. The second-order valence-electron chi connectivity index (χ2n) is 8.12. The number of thiocarbonyl (C=S) groups is 1. The van der Waals surface area contributed by atoms with Crippen molar-refractivity contribution in [3.05, 3.63) is 64.1 Å². The van der Waals surface area contributed by atoms with Crippen LogP contribution in [0.25, 0.3) is 5.57 Å². The van der Waals surface area contributed by atoms with Gasteiger partial charge in [-0.05, 0) is 45.4 Å². The molecule has 2 aromatic rings. The van der Waals surface area contributed by atoms with Gasteiger partial charge in [-0.25, -0.2) is 0 Å². The van der Waals surface area contributed by atoms with Crippen LogP contribution in [0.4, 0.5) is 11.4 Å². The molecule has 32 heavy (non-hydrogen) atoms. The van der Waals surface area contributed by atoms with Crippen molar-refractivity contribution in [2.45, 2.75) is 33.7 Å². The molecule has 3 amide bonds. The lowest BCUT2D eigenvalue weighted by atomic mass is 10.1. The summed E-state index contributed by atoms with van der Waals surface area (Å²) < 4.78 is 0.434. The predicted octanol–water partition coefficient (Wildman–Crippen LogP) is 4.27. The Labute approximate surface area is 196 Å². The zero-order chi connectivity index (χ0) is 23.2. The number of nitrogens with one attached hydrogen (secondary N) is 1. The molecule has 0 atom stereocenters. The number of amides is 3. The molecule has 1 N–H and O–H groups in total. The van der Waals surface area contributed by atoms with Crippen molar-refractivity contribution in [2.24, 2.45) is 0 Å². The average molecular weight is 466 g/mol. The van der Waals surface area contributed by atoms with E-state index in [9.17, 15) is 14.4 Å². The van der Waals surface area contributed by atoms with Gasteiger partial charge >= 0.3 is 0 Å². The van der Waals surface area contributed by atoms with Gasteiger partial charge in [0.25, 0.3) is 11.8 Å². The largest absolute Gasteiger partial charge is 0.324 e. The normalized spacial score (nSPS) is 18.1. The van der Waals surface area contributed by atoms with E-state index in [1.54, 1.807) is 12.1 Å². The van der Waals surface area contributed by atoms with Gasteiger partial charge in [-0.15, -0.1) is 0 Å². The summed E-state index contributed by atoms with van der Waals surface area (Å²) in [4.78, 5) is 42.6. The van der Waals surface area contributed by atoms with Gasteiger partial charge in [0, 0.05) is 17.3 Å². The number of para-hydroxylation sites is 1. The number of carbonyl (C=O) groups is 3. The van der Waals surface area contributed by atoms with Crippen molar-refractivity contribution < 1.29 is 14.4 Å². The van der Waals surface area contributed by atoms with Crippen LogP contribution in [-0.2, 0) is 14.4 Å². The lowest BCUT2D eigenvalue weighted by molar-refractivity contribution is -0.123. The van der Waals surface area contributed by atoms with Gasteiger partial charge in [-0.2, -0.15) is 0 Å². The van der Waals surface area contributed by atoms with Crippen LogP contribution in [0.2, 0.25) is 0 Å². The molecule has 2 heterocycles. The van der Waals surface area contributed by atoms with Gasteiger partial charge in [-0.1, -0.05) is 59.9 Å². The summed E-state index contributed by atoms with van der Waals surface area (Å²) in [5.41, 5.74) is 4.31. The van der Waals surface area contributed by atoms with Gasteiger partial charge in [-0.3, -0.25) is 24.2 Å². The van der Waals surface area contributed by atoms with Crippen LogP contribution >= 0.6 is 24.0 Å². The Morgan fingerprint density at radius 2 is 1.81 bits per heavy atom. The van der Waals surface area contributed by atoms with Crippen molar-refractivity contribution in [3.63, 3.8) is 0 Å². The zero-order valence-corrected chi connectivity index (χ0v) is 19.9. The van der Waals surface area contributed by atoms with Crippen LogP contribution in [-0.4, -0.2) is 39.5 Å². The van der Waals surface area contributed by atoms with Crippen LogP contribution < -0.4 is 10.2 Å². The van der Waals surface area contributed by atoms with E-state index in [1.165, 1.54) is 9.80 Å². The third kappa shape index (κ3) is 3.84. The molecule has 0 aliphatic carbocycles. The smallest absolute Gasteiger partial charge is 0.267 e. The fraction of sp³-hybridized carbons (Fsp3) is 0.250. The summed E-state index contributed by atoms with van der Waals surface area (Å²) in [6.45, 7) is 7.52. The number of rotatable bonds is 4. The molecule has 2 aliphatic heterocycles. The Kier molecular flexibility index (Phi) is 5.92. The van der Waals surface area contributed by atoms with E-state index in [-0.39, 0.29) is 30.3 Å². The van der Waals surface area contributed by atoms with Crippen molar-refractivity contribution in [1.82, 2.24) is 4.90 Å². The maximum Gasteiger partial charge on any atom is 0.267 e. The van der Waals surface area contributed by atoms with Gasteiger partial charge in [0.15, 0.2) is 0 Å². The monoisotopic (exact) mass is 465 g/mol. The maximum absolute atomic E-state index is 13.4. The van der Waals surface area contributed by atoms with Gasteiger partial charge in [0.1, 0.15) is 10.9 Å². The molecule has 2 aromatic carbocycles. The Morgan fingerprint density at radius 1 is 1.09 bits per heavy atom. The molecule has 164 valence electrons. The Morgan fingerprint density at radius 3 is 2.47 bits per heavy atom. The fourth-order valence-corrected chi connectivity index (χ4v) is 5.51. The van der Waals surface area contributed by atoms with Gasteiger partial charge in [0.2, 0.25) is 5.91 Å². The molecule has 6 nitrogen and oxygen atoms in total. The van der Waals surface area contributed by atoms with Crippen molar-refractivity contribution in [1.29, 1.82) is 0 Å². The number of anilines is 2. The molecular weight excluding hydrogens is 442 g/mol. The first-order chi connectivity index (χ1) is 15.2. The predicted molar refractivity (Wildman–Crippen MR) is 132 cm³/mol. The molecule has 2 aliphatic rings. The van der Waals surface area contributed by atoms with E-state index in [0.29, 0.717) is 31.7 Å². The lowest BCUT2D eigenvalue weighted by Crippen LogP contribution is -2.36. The highest BCUT2D eigenvalue weighted by atomic mass is 32.2. The third-order valence-corrected chi connectivity index (χ3v) is 6.82.